The van der Waals surface area contributed by atoms with Crippen LogP contribution in [0, 0.1) is 5.82 Å². The molecule has 2 heterocycles. The van der Waals surface area contributed by atoms with E-state index in [0.29, 0.717) is 13.2 Å². The summed E-state index contributed by atoms with van der Waals surface area (Å²) in [4.78, 5) is 40.9. The van der Waals surface area contributed by atoms with Crippen molar-refractivity contribution >= 4 is 24.7 Å². The smallest absolute Gasteiger partial charge is 0.359 e. The molecular formula is C27H33FN3O8P. The number of carbonyl (C=O) groups excluding carboxylic acids is 2. The maximum absolute atomic E-state index is 14.0. The zero-order valence-electron chi connectivity index (χ0n) is 22.5. The minimum absolute atomic E-state index is 0.0341. The first kappa shape index (κ1) is 29.7. The Hall–Kier alpha value is -3.28. The average Bonchev–Trinajstić information content (AvgIpc) is 2.92. The van der Waals surface area contributed by atoms with Gasteiger partial charge < -0.3 is 39.1 Å². The molecule has 2 aliphatic heterocycles. The highest BCUT2D eigenvalue weighted by molar-refractivity contribution is 7.61. The molecule has 0 aliphatic carbocycles. The molecule has 1 saturated heterocycles. The number of aliphatic hydroxyl groups is 1. The fourth-order valence-electron chi connectivity index (χ4n) is 4.95. The topological polar surface area (TPSA) is 138 Å². The number of halogens is 1. The van der Waals surface area contributed by atoms with Crippen LogP contribution in [0.4, 0.5) is 4.39 Å². The lowest BCUT2D eigenvalue weighted by Crippen LogP contribution is -2.68. The molecule has 2 aliphatic rings. The minimum Gasteiger partial charge on any atom is -0.481 e. The Balaban J connectivity index is 1.66. The number of aliphatic hydroxyl groups excluding tert-OH is 1. The van der Waals surface area contributed by atoms with Crippen LogP contribution in [0.1, 0.15) is 25.0 Å². The number of benzene rings is 2. The van der Waals surface area contributed by atoms with E-state index in [2.05, 4.69) is 5.32 Å². The lowest BCUT2D eigenvalue weighted by Gasteiger charge is -2.53. The van der Waals surface area contributed by atoms with Gasteiger partial charge in [0.1, 0.15) is 24.2 Å². The van der Waals surface area contributed by atoms with Crippen molar-refractivity contribution in [2.24, 2.45) is 0 Å². The van der Waals surface area contributed by atoms with E-state index in [4.69, 9.17) is 19.1 Å². The van der Waals surface area contributed by atoms with Gasteiger partial charge in [-0.2, -0.15) is 0 Å². The van der Waals surface area contributed by atoms with E-state index in [9.17, 15) is 23.4 Å². The van der Waals surface area contributed by atoms with Crippen LogP contribution in [0.3, 0.4) is 0 Å². The van der Waals surface area contributed by atoms with Crippen molar-refractivity contribution in [1.29, 1.82) is 0 Å². The van der Waals surface area contributed by atoms with Gasteiger partial charge in [0, 0.05) is 20.1 Å². The molecule has 11 nitrogen and oxygen atoms in total. The Kier molecular flexibility index (Phi) is 8.96. The van der Waals surface area contributed by atoms with Gasteiger partial charge in [0.25, 0.3) is 11.8 Å². The van der Waals surface area contributed by atoms with Crippen LogP contribution in [-0.2, 0) is 41.3 Å². The SMILES string of the molecule is CN1C(C(=O)NCc2ccc(F)cc2P(=O)(O)OCCO)=C(OCc2ccccc2)C(=O)N2CCOC(C)(C)C12. The fourth-order valence-corrected chi connectivity index (χ4v) is 6.22. The molecule has 0 bridgehead atoms. The van der Waals surface area contributed by atoms with Crippen molar-refractivity contribution in [2.75, 3.05) is 33.4 Å². The van der Waals surface area contributed by atoms with Crippen molar-refractivity contribution in [3.05, 3.63) is 76.9 Å². The summed E-state index contributed by atoms with van der Waals surface area (Å²) in [6.07, 6.45) is -0.607. The highest BCUT2D eigenvalue weighted by Crippen LogP contribution is 2.42. The van der Waals surface area contributed by atoms with E-state index in [0.717, 1.165) is 17.7 Å². The number of carbonyl (C=O) groups is 2. The van der Waals surface area contributed by atoms with Crippen LogP contribution in [-0.4, -0.2) is 76.8 Å². The molecule has 2 unspecified atom stereocenters. The number of amides is 2. The second kappa shape index (κ2) is 12.1. The van der Waals surface area contributed by atoms with Gasteiger partial charge in [0.2, 0.25) is 5.76 Å². The number of likely N-dealkylation sites (N-methyl/N-ethyl adjacent to an activating group) is 1. The number of nitrogens with one attached hydrogen (secondary N) is 1. The lowest BCUT2D eigenvalue weighted by molar-refractivity contribution is -0.187. The first-order valence-electron chi connectivity index (χ1n) is 12.7. The molecule has 2 aromatic rings. The Labute approximate surface area is 231 Å². The zero-order chi connectivity index (χ0) is 29.1. The van der Waals surface area contributed by atoms with Crippen molar-refractivity contribution in [1.82, 2.24) is 15.1 Å². The van der Waals surface area contributed by atoms with Crippen LogP contribution < -0.4 is 10.6 Å². The molecule has 0 spiro atoms. The number of hydrogen-bond acceptors (Lipinski definition) is 8. The summed E-state index contributed by atoms with van der Waals surface area (Å²) < 4.78 is 43.5. The second-order valence-electron chi connectivity index (χ2n) is 9.92. The molecule has 216 valence electrons. The average molecular weight is 578 g/mol. The van der Waals surface area contributed by atoms with Crippen molar-refractivity contribution in [3.63, 3.8) is 0 Å². The molecule has 0 radical (unpaired) electrons. The molecule has 13 heteroatoms. The van der Waals surface area contributed by atoms with Crippen LogP contribution in [0.5, 0.6) is 0 Å². The number of morpholine rings is 1. The van der Waals surface area contributed by atoms with Crippen LogP contribution in [0.2, 0.25) is 0 Å². The molecule has 2 atom stereocenters. The number of hydrogen-bond donors (Lipinski definition) is 3. The van der Waals surface area contributed by atoms with E-state index in [1.807, 2.05) is 44.2 Å². The van der Waals surface area contributed by atoms with Crippen LogP contribution in [0.25, 0.3) is 0 Å². The summed E-state index contributed by atoms with van der Waals surface area (Å²) >= 11 is 0. The third-order valence-corrected chi connectivity index (χ3v) is 8.26. The van der Waals surface area contributed by atoms with Crippen LogP contribution >= 0.6 is 7.60 Å². The first-order chi connectivity index (χ1) is 19.0. The summed E-state index contributed by atoms with van der Waals surface area (Å²) in [5.74, 6) is -2.06. The number of rotatable bonds is 10. The summed E-state index contributed by atoms with van der Waals surface area (Å²) in [6.45, 7) is 3.10. The standard InChI is InChI=1S/C27H33FN3O8P/c1-27(2)26-30(3)22(23(25(34)31(26)11-13-38-27)37-17-18-7-5-4-6-8-18)24(33)29-16-19-9-10-20(28)15-21(19)40(35,36)39-14-12-32/h4-10,15,26,32H,11-14,16-17H2,1-3H3,(H,29,33)(H,35,36). The second-order valence-corrected chi connectivity index (χ2v) is 11.7. The monoisotopic (exact) mass is 577 g/mol. The molecule has 3 N–H and O–H groups in total. The Morgan fingerprint density at radius 2 is 1.98 bits per heavy atom. The van der Waals surface area contributed by atoms with E-state index >= 15 is 0 Å². The zero-order valence-corrected chi connectivity index (χ0v) is 23.4. The molecule has 2 aromatic carbocycles. The number of ether oxygens (including phenoxy) is 2. The molecular weight excluding hydrogens is 544 g/mol. The molecule has 0 aromatic heterocycles. The highest BCUT2D eigenvalue weighted by Gasteiger charge is 2.50. The summed E-state index contributed by atoms with van der Waals surface area (Å²) in [7, 11) is -2.85. The van der Waals surface area contributed by atoms with Gasteiger partial charge in [-0.15, -0.1) is 0 Å². The third kappa shape index (κ3) is 6.21. The molecule has 1 fully saturated rings. The third-order valence-electron chi connectivity index (χ3n) is 6.70. The molecule has 4 rings (SSSR count). The van der Waals surface area contributed by atoms with Gasteiger partial charge in [0.05, 0.1) is 25.1 Å². The Morgan fingerprint density at radius 1 is 1.25 bits per heavy atom. The summed E-state index contributed by atoms with van der Waals surface area (Å²) in [5, 5.41) is 11.3. The summed E-state index contributed by atoms with van der Waals surface area (Å²) in [5.41, 5.74) is 0.0792. The fraction of sp³-hybridized carbons (Fsp3) is 0.407. The quantitative estimate of drug-likeness (QED) is 0.360. The van der Waals surface area contributed by atoms with Gasteiger partial charge >= 0.3 is 7.60 Å². The van der Waals surface area contributed by atoms with E-state index < -0.39 is 50.2 Å². The molecule has 2 amide bonds. The largest absolute Gasteiger partial charge is 0.481 e. The predicted molar refractivity (Wildman–Crippen MR) is 142 cm³/mol. The van der Waals surface area contributed by atoms with Gasteiger partial charge in [-0.1, -0.05) is 36.4 Å². The minimum atomic E-state index is -4.51. The van der Waals surface area contributed by atoms with Gasteiger partial charge in [-0.3, -0.25) is 14.2 Å². The Bertz CT molecular complexity index is 1340. The van der Waals surface area contributed by atoms with E-state index in [1.165, 1.54) is 6.07 Å². The van der Waals surface area contributed by atoms with Crippen LogP contribution in [0.15, 0.2) is 60.0 Å². The van der Waals surface area contributed by atoms with Crippen molar-refractivity contribution < 1.29 is 42.5 Å². The maximum atomic E-state index is 14.0. The predicted octanol–water partition coefficient (Wildman–Crippen LogP) is 1.60. The van der Waals surface area contributed by atoms with Gasteiger partial charge in [-0.05, 0) is 37.1 Å². The normalized spacial score (nSPS) is 20.1. The molecule has 40 heavy (non-hydrogen) atoms. The lowest BCUT2D eigenvalue weighted by atomic mass is 9.97. The highest BCUT2D eigenvalue weighted by atomic mass is 31.2. The molecule has 0 saturated carbocycles. The Morgan fingerprint density at radius 3 is 2.67 bits per heavy atom. The van der Waals surface area contributed by atoms with Crippen molar-refractivity contribution in [3.8, 4) is 0 Å². The van der Waals surface area contributed by atoms with E-state index in [1.54, 1.807) is 16.8 Å². The number of fused-ring (bicyclic) bond motifs is 1. The number of nitrogens with zero attached hydrogens (tertiary/aromatic N) is 2. The maximum Gasteiger partial charge on any atom is 0.359 e. The first-order valence-corrected chi connectivity index (χ1v) is 14.3. The van der Waals surface area contributed by atoms with E-state index in [-0.39, 0.29) is 35.5 Å². The van der Waals surface area contributed by atoms with Gasteiger partial charge in [0.15, 0.2) is 5.70 Å². The van der Waals surface area contributed by atoms with Gasteiger partial charge in [-0.25, -0.2) is 4.39 Å². The summed E-state index contributed by atoms with van der Waals surface area (Å²) in [6, 6.07) is 12.4. The van der Waals surface area contributed by atoms with Crippen molar-refractivity contribution in [2.45, 2.75) is 38.8 Å².